The van der Waals surface area contributed by atoms with Crippen molar-refractivity contribution < 1.29 is 42.3 Å². The van der Waals surface area contributed by atoms with Crippen LogP contribution in [0, 0.1) is 0 Å². The molecule has 0 saturated heterocycles. The second kappa shape index (κ2) is 4.64. The third-order valence-electron chi connectivity index (χ3n) is 0.913. The van der Waals surface area contributed by atoms with Gasteiger partial charge in [-0.05, 0) is 0 Å². The summed E-state index contributed by atoms with van der Waals surface area (Å²) >= 11 is 6.83. The smallest absolute Gasteiger partial charge is 1.00 e. The van der Waals surface area contributed by atoms with Crippen LogP contribution in [0.5, 0.6) is 0 Å². The number of rotatable bonds is 0. The summed E-state index contributed by atoms with van der Waals surface area (Å²) in [7, 11) is 0. The normalized spacial score (nSPS) is 8.33. The minimum absolute atomic E-state index is 0. The van der Waals surface area contributed by atoms with Crippen LogP contribution >= 0.6 is 11.6 Å². The van der Waals surface area contributed by atoms with Crippen molar-refractivity contribution in [2.24, 2.45) is 0 Å². The van der Waals surface area contributed by atoms with Crippen LogP contribution in [-0.2, 0) is 18.3 Å². The summed E-state index contributed by atoms with van der Waals surface area (Å²) in [4.78, 5) is 0. The number of hydrogen-bond acceptors (Lipinski definition) is 0. The van der Waals surface area contributed by atoms with Crippen molar-refractivity contribution in [2.75, 3.05) is 0 Å². The fourth-order valence-corrected chi connectivity index (χ4v) is 1.10. The molecule has 0 bridgehead atoms. The minimum Gasteiger partial charge on any atom is -1.00 e. The molecule has 0 saturated carbocycles. The molecular weight excluding hydrogens is 300 g/mol. The molecular formula is C6H4ClIZn. The first-order valence-electron chi connectivity index (χ1n) is 2.36. The molecule has 0 spiro atoms. The maximum absolute atomic E-state index is 5.63. The van der Waals surface area contributed by atoms with Crippen molar-refractivity contribution in [1.29, 1.82) is 0 Å². The predicted molar refractivity (Wildman–Crippen MR) is 31.1 cm³/mol. The molecule has 0 fully saturated rings. The van der Waals surface area contributed by atoms with Gasteiger partial charge in [-0.15, -0.1) is 0 Å². The Balaban J connectivity index is 0.000000640. The molecule has 9 heavy (non-hydrogen) atoms. The standard InChI is InChI=1S/C6H4Cl.HI.Zn/c7-6-4-2-1-3-5-6;;/h2-5H;1H;/q;;+1/p-1. The van der Waals surface area contributed by atoms with E-state index in [9.17, 15) is 0 Å². The summed E-state index contributed by atoms with van der Waals surface area (Å²) in [6.45, 7) is 0. The Morgan fingerprint density at radius 1 is 1.11 bits per heavy atom. The molecule has 0 aliphatic heterocycles. The monoisotopic (exact) mass is 302 g/mol. The zero-order valence-electron chi connectivity index (χ0n) is 4.77. The fourth-order valence-electron chi connectivity index (χ4n) is 0.484. The number of benzene rings is 1. The zero-order valence-corrected chi connectivity index (χ0v) is 10.7. The van der Waals surface area contributed by atoms with E-state index >= 15 is 0 Å². The first-order valence-corrected chi connectivity index (χ1v) is 4.23. The van der Waals surface area contributed by atoms with E-state index in [2.05, 4.69) is 0 Å². The SMILES string of the molecule is Clc1cc[c]([Zn+])cc1.[I-]. The van der Waals surface area contributed by atoms with Gasteiger partial charge in [0.25, 0.3) is 0 Å². The first kappa shape index (κ1) is 9.86. The summed E-state index contributed by atoms with van der Waals surface area (Å²) in [5.74, 6) is 0. The van der Waals surface area contributed by atoms with Crippen molar-refractivity contribution in [3.05, 3.63) is 29.3 Å². The van der Waals surface area contributed by atoms with Crippen LogP contribution in [0.15, 0.2) is 24.3 Å². The van der Waals surface area contributed by atoms with Gasteiger partial charge in [-0.1, -0.05) is 0 Å². The quantitative estimate of drug-likeness (QED) is 0.405. The molecule has 1 aromatic carbocycles. The summed E-state index contributed by atoms with van der Waals surface area (Å²) in [5, 5.41) is 0.821. The van der Waals surface area contributed by atoms with Gasteiger partial charge in [0.2, 0.25) is 0 Å². The van der Waals surface area contributed by atoms with Crippen LogP contribution in [0.3, 0.4) is 0 Å². The van der Waals surface area contributed by atoms with E-state index < -0.39 is 0 Å². The zero-order chi connectivity index (χ0) is 5.98. The molecule has 1 aromatic rings. The van der Waals surface area contributed by atoms with Gasteiger partial charge in [-0.3, -0.25) is 0 Å². The second-order valence-corrected chi connectivity index (χ2v) is 3.78. The van der Waals surface area contributed by atoms with Gasteiger partial charge in [-0.25, -0.2) is 0 Å². The Bertz CT molecular complexity index is 152. The first-order chi connectivity index (χ1) is 3.79. The summed E-state index contributed by atoms with van der Waals surface area (Å²) in [5.41, 5.74) is 0. The van der Waals surface area contributed by atoms with Crippen molar-refractivity contribution >= 4 is 15.8 Å². The molecule has 0 aliphatic rings. The summed E-state index contributed by atoms with van der Waals surface area (Å²) in [6, 6.07) is 7.92. The van der Waals surface area contributed by atoms with Gasteiger partial charge in [0.05, 0.1) is 0 Å². The van der Waals surface area contributed by atoms with Gasteiger partial charge in [0.1, 0.15) is 0 Å². The maximum atomic E-state index is 5.63. The minimum atomic E-state index is 0. The summed E-state index contributed by atoms with van der Waals surface area (Å²) < 4.78 is 1.37. The van der Waals surface area contributed by atoms with Gasteiger partial charge in [0.15, 0.2) is 0 Å². The predicted octanol–water partition coefficient (Wildman–Crippen LogP) is -1.48. The fraction of sp³-hybridized carbons (Fsp3) is 0. The Kier molecular flexibility index (Phi) is 5.09. The van der Waals surface area contributed by atoms with E-state index in [-0.39, 0.29) is 24.0 Å². The molecule has 0 atom stereocenters. The largest absolute Gasteiger partial charge is 1.00 e. The van der Waals surface area contributed by atoms with Gasteiger partial charge < -0.3 is 24.0 Å². The van der Waals surface area contributed by atoms with E-state index in [4.69, 9.17) is 11.6 Å². The summed E-state index contributed by atoms with van der Waals surface area (Å²) in [6.07, 6.45) is 0. The molecule has 0 N–H and O–H groups in total. The second-order valence-electron chi connectivity index (χ2n) is 1.63. The van der Waals surface area contributed by atoms with E-state index in [1.54, 1.807) is 0 Å². The topological polar surface area (TPSA) is 0 Å². The van der Waals surface area contributed by atoms with E-state index in [1.165, 1.54) is 22.5 Å². The average molecular weight is 304 g/mol. The molecule has 3 heteroatoms. The number of halogens is 2. The van der Waals surface area contributed by atoms with Crippen molar-refractivity contribution in [2.45, 2.75) is 0 Å². The Labute approximate surface area is 86.7 Å². The van der Waals surface area contributed by atoms with Crippen LogP contribution in [0.4, 0.5) is 0 Å². The number of hydrogen-bond donors (Lipinski definition) is 0. The Morgan fingerprint density at radius 3 is 1.89 bits per heavy atom. The molecule has 44 valence electrons. The van der Waals surface area contributed by atoms with Gasteiger partial charge in [-0.2, -0.15) is 0 Å². The Hall–Kier alpha value is 0.863. The van der Waals surface area contributed by atoms with Gasteiger partial charge >= 0.3 is 63.3 Å². The van der Waals surface area contributed by atoms with Crippen LogP contribution in [0.2, 0.25) is 5.02 Å². The van der Waals surface area contributed by atoms with E-state index in [1.807, 2.05) is 24.3 Å². The van der Waals surface area contributed by atoms with E-state index in [0.717, 1.165) is 5.02 Å². The molecule has 0 radical (unpaired) electrons. The third kappa shape index (κ3) is 3.54. The Morgan fingerprint density at radius 2 is 1.56 bits per heavy atom. The molecule has 0 heterocycles. The van der Waals surface area contributed by atoms with Crippen LogP contribution in [0.1, 0.15) is 0 Å². The van der Waals surface area contributed by atoms with Crippen molar-refractivity contribution in [3.63, 3.8) is 0 Å². The van der Waals surface area contributed by atoms with Crippen LogP contribution < -0.4 is 28.1 Å². The molecule has 0 aromatic heterocycles. The molecule has 0 amide bonds. The molecule has 0 aliphatic carbocycles. The molecule has 0 unspecified atom stereocenters. The van der Waals surface area contributed by atoms with Crippen molar-refractivity contribution in [1.82, 2.24) is 0 Å². The van der Waals surface area contributed by atoms with Crippen LogP contribution in [0.25, 0.3) is 0 Å². The maximum Gasteiger partial charge on any atom is -1.00 e. The third-order valence-corrected chi connectivity index (χ3v) is 2.15. The van der Waals surface area contributed by atoms with Crippen LogP contribution in [-0.4, -0.2) is 0 Å². The molecule has 0 nitrogen and oxygen atoms in total. The van der Waals surface area contributed by atoms with E-state index in [0.29, 0.717) is 0 Å². The van der Waals surface area contributed by atoms with Crippen molar-refractivity contribution in [3.8, 4) is 0 Å². The molecule has 1 rings (SSSR count). The average Bonchev–Trinajstić information content (AvgIpc) is 1.77. The van der Waals surface area contributed by atoms with Gasteiger partial charge in [0, 0.05) is 0 Å².